The van der Waals surface area contributed by atoms with Crippen LogP contribution in [0.2, 0.25) is 10.0 Å². The molecule has 1 aliphatic rings. The van der Waals surface area contributed by atoms with Gasteiger partial charge in [-0.15, -0.1) is 11.3 Å². The fourth-order valence-electron chi connectivity index (χ4n) is 3.40. The monoisotopic (exact) mass is 459 g/mol. The number of carbonyl (C=O) groups is 2. The molecule has 3 aromatic rings. The Hall–Kier alpha value is -2.80. The highest BCUT2D eigenvalue weighted by molar-refractivity contribution is 7.10. The van der Waals surface area contributed by atoms with Crippen LogP contribution >= 0.6 is 34.5 Å². The van der Waals surface area contributed by atoms with Gasteiger partial charge in [-0.3, -0.25) is 14.5 Å². The first kappa shape index (κ1) is 20.5. The SMILES string of the molecule is COc1cc(/C(O)=C2/C(=O)C(=O)N(c3cccc(Cl)c3)C2c2cccs2)ccc1Cl. The minimum atomic E-state index is -0.787. The minimum absolute atomic E-state index is 0.00759. The van der Waals surface area contributed by atoms with Crippen LogP contribution in [-0.2, 0) is 9.59 Å². The van der Waals surface area contributed by atoms with Gasteiger partial charge in [-0.2, -0.15) is 0 Å². The number of ether oxygens (including phenoxy) is 1. The minimum Gasteiger partial charge on any atom is -0.507 e. The molecule has 0 spiro atoms. The molecule has 1 aliphatic heterocycles. The number of aliphatic hydroxyl groups excluding tert-OH is 1. The van der Waals surface area contributed by atoms with E-state index >= 15 is 0 Å². The van der Waals surface area contributed by atoms with Gasteiger partial charge < -0.3 is 9.84 Å². The summed E-state index contributed by atoms with van der Waals surface area (Å²) >= 11 is 13.6. The number of thiophene rings is 1. The normalized spacial score (nSPS) is 18.1. The number of methoxy groups -OCH3 is 1. The highest BCUT2D eigenvalue weighted by Gasteiger charge is 2.47. The predicted molar refractivity (Wildman–Crippen MR) is 119 cm³/mol. The molecule has 1 unspecified atom stereocenters. The average molecular weight is 460 g/mol. The molecule has 1 amide bonds. The first-order valence-corrected chi connectivity index (χ1v) is 10.5. The van der Waals surface area contributed by atoms with Crippen molar-refractivity contribution in [3.05, 3.63) is 86.0 Å². The van der Waals surface area contributed by atoms with Crippen LogP contribution in [0.4, 0.5) is 5.69 Å². The lowest BCUT2D eigenvalue weighted by molar-refractivity contribution is -0.132. The molecule has 4 rings (SSSR count). The Bertz CT molecular complexity index is 1170. The van der Waals surface area contributed by atoms with E-state index in [1.807, 2.05) is 17.5 Å². The lowest BCUT2D eigenvalue weighted by Crippen LogP contribution is -2.29. The summed E-state index contributed by atoms with van der Waals surface area (Å²) < 4.78 is 5.21. The van der Waals surface area contributed by atoms with Crippen molar-refractivity contribution in [2.75, 3.05) is 12.0 Å². The Morgan fingerprint density at radius 3 is 2.57 bits per heavy atom. The van der Waals surface area contributed by atoms with E-state index in [1.54, 1.807) is 36.4 Å². The number of aliphatic hydroxyl groups is 1. The molecule has 1 N–H and O–H groups in total. The zero-order valence-electron chi connectivity index (χ0n) is 15.6. The molecule has 1 atom stereocenters. The smallest absolute Gasteiger partial charge is 0.300 e. The average Bonchev–Trinajstić information content (AvgIpc) is 3.35. The van der Waals surface area contributed by atoms with Crippen molar-refractivity contribution in [1.82, 2.24) is 0 Å². The molecule has 30 heavy (non-hydrogen) atoms. The van der Waals surface area contributed by atoms with Crippen molar-refractivity contribution in [1.29, 1.82) is 0 Å². The van der Waals surface area contributed by atoms with E-state index in [-0.39, 0.29) is 11.3 Å². The molecule has 5 nitrogen and oxygen atoms in total. The number of anilines is 1. The van der Waals surface area contributed by atoms with Crippen molar-refractivity contribution in [2.24, 2.45) is 0 Å². The van der Waals surface area contributed by atoms with Gasteiger partial charge in [0.2, 0.25) is 0 Å². The van der Waals surface area contributed by atoms with Gasteiger partial charge in [0.15, 0.2) is 0 Å². The van der Waals surface area contributed by atoms with Gasteiger partial charge >= 0.3 is 0 Å². The van der Waals surface area contributed by atoms with Gasteiger partial charge in [0.05, 0.1) is 17.7 Å². The van der Waals surface area contributed by atoms with E-state index in [1.165, 1.54) is 29.4 Å². The van der Waals surface area contributed by atoms with Gasteiger partial charge in [0.1, 0.15) is 17.6 Å². The van der Waals surface area contributed by atoms with Crippen LogP contribution < -0.4 is 9.64 Å². The highest BCUT2D eigenvalue weighted by Crippen LogP contribution is 2.44. The second kappa shape index (κ2) is 8.14. The third-order valence-corrected chi connectivity index (χ3v) is 6.24. The molecule has 0 saturated carbocycles. The van der Waals surface area contributed by atoms with Crippen molar-refractivity contribution in [3.8, 4) is 5.75 Å². The van der Waals surface area contributed by atoms with E-state index in [2.05, 4.69) is 0 Å². The molecule has 0 bridgehead atoms. The number of hydrogen-bond donors (Lipinski definition) is 1. The molecule has 1 fully saturated rings. The zero-order chi connectivity index (χ0) is 21.4. The van der Waals surface area contributed by atoms with Crippen LogP contribution in [-0.4, -0.2) is 23.9 Å². The summed E-state index contributed by atoms with van der Waals surface area (Å²) in [6.45, 7) is 0. The summed E-state index contributed by atoms with van der Waals surface area (Å²) in [5.41, 5.74) is 0.782. The second-order valence-electron chi connectivity index (χ2n) is 6.51. The van der Waals surface area contributed by atoms with Crippen molar-refractivity contribution in [2.45, 2.75) is 6.04 Å². The molecule has 1 aromatic heterocycles. The summed E-state index contributed by atoms with van der Waals surface area (Å²) in [4.78, 5) is 28.1. The number of benzene rings is 2. The molecule has 0 aliphatic carbocycles. The molecule has 2 aromatic carbocycles. The number of halogens is 2. The summed E-state index contributed by atoms with van der Waals surface area (Å²) in [6, 6.07) is 14.2. The van der Waals surface area contributed by atoms with E-state index in [9.17, 15) is 14.7 Å². The van der Waals surface area contributed by atoms with Gasteiger partial charge in [-0.25, -0.2) is 0 Å². The van der Waals surface area contributed by atoms with Crippen LogP contribution in [0.5, 0.6) is 5.75 Å². The molecular formula is C22H15Cl2NO4S. The van der Waals surface area contributed by atoms with Crippen LogP contribution in [0.1, 0.15) is 16.5 Å². The van der Waals surface area contributed by atoms with Crippen molar-refractivity contribution < 1.29 is 19.4 Å². The fraction of sp³-hybridized carbons (Fsp3) is 0.0909. The Kier molecular flexibility index (Phi) is 5.56. The molecular weight excluding hydrogens is 445 g/mol. The van der Waals surface area contributed by atoms with Crippen molar-refractivity contribution >= 4 is 57.7 Å². The Labute approximate surface area is 186 Å². The molecule has 1 saturated heterocycles. The number of Topliss-reactive ketones (excluding diaryl/α,β-unsaturated/α-hetero) is 1. The third kappa shape index (κ3) is 3.47. The predicted octanol–water partition coefficient (Wildman–Crippen LogP) is 5.69. The number of hydrogen-bond acceptors (Lipinski definition) is 5. The summed E-state index contributed by atoms with van der Waals surface area (Å²) in [6.07, 6.45) is 0. The zero-order valence-corrected chi connectivity index (χ0v) is 18.0. The Morgan fingerprint density at radius 2 is 1.90 bits per heavy atom. The lowest BCUT2D eigenvalue weighted by Gasteiger charge is -2.24. The lowest BCUT2D eigenvalue weighted by atomic mass is 9.99. The summed E-state index contributed by atoms with van der Waals surface area (Å²) in [7, 11) is 1.45. The van der Waals surface area contributed by atoms with Crippen LogP contribution in [0, 0.1) is 0 Å². The van der Waals surface area contributed by atoms with Gasteiger partial charge in [0.25, 0.3) is 11.7 Å². The van der Waals surface area contributed by atoms with E-state index in [4.69, 9.17) is 27.9 Å². The quantitative estimate of drug-likeness (QED) is 0.309. The van der Waals surface area contributed by atoms with E-state index in [0.717, 1.165) is 4.88 Å². The number of ketones is 1. The Morgan fingerprint density at radius 1 is 1.10 bits per heavy atom. The summed E-state index contributed by atoms with van der Waals surface area (Å²) in [5.74, 6) is -1.47. The second-order valence-corrected chi connectivity index (χ2v) is 8.34. The maximum atomic E-state index is 13.0. The standard InChI is InChI=1S/C22H15Cl2NO4S/c1-29-16-10-12(7-8-15(16)24)20(26)18-19(17-6-3-9-30-17)25(22(28)21(18)27)14-5-2-4-13(23)11-14/h2-11,19,26H,1H3/b20-18-. The molecule has 0 radical (unpaired) electrons. The number of amides is 1. The fourth-order valence-corrected chi connectivity index (χ4v) is 4.61. The van der Waals surface area contributed by atoms with Gasteiger partial charge in [-0.1, -0.05) is 35.3 Å². The van der Waals surface area contributed by atoms with Crippen LogP contribution in [0.15, 0.2) is 65.6 Å². The van der Waals surface area contributed by atoms with E-state index < -0.39 is 17.7 Å². The van der Waals surface area contributed by atoms with Crippen molar-refractivity contribution in [3.63, 3.8) is 0 Å². The van der Waals surface area contributed by atoms with Crippen LogP contribution in [0.25, 0.3) is 5.76 Å². The third-order valence-electron chi connectivity index (χ3n) is 4.77. The van der Waals surface area contributed by atoms with E-state index in [0.29, 0.717) is 27.0 Å². The largest absolute Gasteiger partial charge is 0.507 e. The first-order valence-electron chi connectivity index (χ1n) is 8.86. The molecule has 152 valence electrons. The maximum absolute atomic E-state index is 13.0. The van der Waals surface area contributed by atoms with Gasteiger partial charge in [0, 0.05) is 21.2 Å². The topological polar surface area (TPSA) is 66.8 Å². The number of carbonyl (C=O) groups excluding carboxylic acids is 2. The Balaban J connectivity index is 1.93. The summed E-state index contributed by atoms with van der Waals surface area (Å²) in [5, 5.41) is 13.7. The molecule has 2 heterocycles. The first-order chi connectivity index (χ1) is 14.4. The molecule has 8 heteroatoms. The maximum Gasteiger partial charge on any atom is 0.300 e. The highest BCUT2D eigenvalue weighted by atomic mass is 35.5. The van der Waals surface area contributed by atoms with Crippen LogP contribution in [0.3, 0.4) is 0 Å². The number of nitrogens with zero attached hydrogens (tertiary/aromatic N) is 1. The van der Waals surface area contributed by atoms with Gasteiger partial charge in [-0.05, 0) is 47.8 Å². The number of rotatable bonds is 4.